The zero-order valence-corrected chi connectivity index (χ0v) is 13.7. The molecule has 1 aliphatic heterocycles. The van der Waals surface area contributed by atoms with Crippen LogP contribution in [0.15, 0.2) is 42.9 Å². The highest BCUT2D eigenvalue weighted by atomic mass is 16.2. The van der Waals surface area contributed by atoms with E-state index in [1.807, 2.05) is 38.6 Å². The molecule has 4 rings (SSSR count). The molecule has 1 amide bonds. The van der Waals surface area contributed by atoms with Crippen LogP contribution in [0.1, 0.15) is 0 Å². The number of anilines is 1. The van der Waals surface area contributed by atoms with Gasteiger partial charge in [-0.05, 0) is 30.1 Å². The van der Waals surface area contributed by atoms with E-state index in [4.69, 9.17) is 0 Å². The van der Waals surface area contributed by atoms with Crippen molar-refractivity contribution in [2.24, 2.45) is 13.0 Å². The Balaban J connectivity index is 1.60. The van der Waals surface area contributed by atoms with Crippen LogP contribution in [-0.4, -0.2) is 45.7 Å². The predicted molar refractivity (Wildman–Crippen MR) is 93.6 cm³/mol. The molecule has 0 spiro atoms. The standard InChI is InChI=1S/C18H19N5O/c1-22-9-16(10-22)18(24)21-17-6-14-5-12(3-4-13(14)7-19-17)15-8-20-23(2)11-15/h3-8,11,16H,9-10H2,1-2H3,(H,19,21,24). The SMILES string of the molecule is CN1CC(C(=O)Nc2cc3cc(-c4cnn(C)c4)ccc3cn2)C1. The summed E-state index contributed by atoms with van der Waals surface area (Å²) in [4.78, 5) is 18.7. The van der Waals surface area contributed by atoms with Gasteiger partial charge < -0.3 is 10.2 Å². The Morgan fingerprint density at radius 3 is 2.67 bits per heavy atom. The molecule has 1 fully saturated rings. The van der Waals surface area contributed by atoms with Crippen LogP contribution in [-0.2, 0) is 11.8 Å². The first-order valence-electron chi connectivity index (χ1n) is 7.97. The zero-order valence-electron chi connectivity index (χ0n) is 13.7. The summed E-state index contributed by atoms with van der Waals surface area (Å²) in [6.07, 6.45) is 5.63. The summed E-state index contributed by atoms with van der Waals surface area (Å²) in [7, 11) is 3.91. The number of aromatic nitrogens is 3. The van der Waals surface area contributed by atoms with Crippen LogP contribution in [0.2, 0.25) is 0 Å². The fourth-order valence-electron chi connectivity index (χ4n) is 3.05. The second kappa shape index (κ2) is 5.72. The molecular formula is C18H19N5O. The van der Waals surface area contributed by atoms with Crippen molar-refractivity contribution in [2.45, 2.75) is 0 Å². The summed E-state index contributed by atoms with van der Waals surface area (Å²) in [6, 6.07) is 8.12. The Labute approximate surface area is 140 Å². The molecule has 0 unspecified atom stereocenters. The largest absolute Gasteiger partial charge is 0.310 e. The fourth-order valence-corrected chi connectivity index (χ4v) is 3.05. The fraction of sp³-hybridized carbons (Fsp3) is 0.278. The molecule has 0 saturated carbocycles. The number of hydrogen-bond donors (Lipinski definition) is 1. The summed E-state index contributed by atoms with van der Waals surface area (Å²) in [5.74, 6) is 0.711. The minimum atomic E-state index is 0.0448. The van der Waals surface area contributed by atoms with E-state index in [1.165, 1.54) is 0 Å². The van der Waals surface area contributed by atoms with Gasteiger partial charge in [0.25, 0.3) is 0 Å². The highest BCUT2D eigenvalue weighted by Gasteiger charge is 2.30. The van der Waals surface area contributed by atoms with Gasteiger partial charge in [0.2, 0.25) is 5.91 Å². The minimum absolute atomic E-state index is 0.0448. The van der Waals surface area contributed by atoms with Crippen molar-refractivity contribution in [3.63, 3.8) is 0 Å². The van der Waals surface area contributed by atoms with Crippen LogP contribution >= 0.6 is 0 Å². The molecule has 1 aliphatic rings. The summed E-state index contributed by atoms with van der Waals surface area (Å²) in [5.41, 5.74) is 2.17. The Kier molecular flexibility index (Phi) is 3.54. The number of nitrogens with one attached hydrogen (secondary N) is 1. The smallest absolute Gasteiger partial charge is 0.231 e. The number of amides is 1. The van der Waals surface area contributed by atoms with Gasteiger partial charge in [-0.25, -0.2) is 4.98 Å². The van der Waals surface area contributed by atoms with Crippen LogP contribution in [0.3, 0.4) is 0 Å². The monoisotopic (exact) mass is 321 g/mol. The number of likely N-dealkylation sites (tertiary alicyclic amines) is 1. The number of benzene rings is 1. The van der Waals surface area contributed by atoms with E-state index in [2.05, 4.69) is 32.4 Å². The highest BCUT2D eigenvalue weighted by molar-refractivity contribution is 5.95. The number of hydrogen-bond acceptors (Lipinski definition) is 4. The van der Waals surface area contributed by atoms with E-state index in [1.54, 1.807) is 10.9 Å². The van der Waals surface area contributed by atoms with Crippen molar-refractivity contribution < 1.29 is 4.79 Å². The van der Waals surface area contributed by atoms with Gasteiger partial charge in [-0.3, -0.25) is 9.48 Å². The molecule has 0 atom stereocenters. The van der Waals surface area contributed by atoms with Gasteiger partial charge in [-0.15, -0.1) is 0 Å². The molecule has 3 aromatic rings. The van der Waals surface area contributed by atoms with Crippen LogP contribution in [0.25, 0.3) is 21.9 Å². The maximum Gasteiger partial charge on any atom is 0.231 e. The quantitative estimate of drug-likeness (QED) is 0.803. The zero-order chi connectivity index (χ0) is 16.7. The molecule has 0 aliphatic carbocycles. The molecule has 0 radical (unpaired) electrons. The molecule has 1 aromatic carbocycles. The summed E-state index contributed by atoms with van der Waals surface area (Å²) in [6.45, 7) is 1.62. The molecule has 1 saturated heterocycles. The number of carbonyl (C=O) groups is 1. The van der Waals surface area contributed by atoms with Crippen molar-refractivity contribution in [3.05, 3.63) is 42.9 Å². The van der Waals surface area contributed by atoms with Crippen LogP contribution < -0.4 is 5.32 Å². The van der Waals surface area contributed by atoms with Crippen LogP contribution in [0, 0.1) is 5.92 Å². The average molecular weight is 321 g/mol. The van der Waals surface area contributed by atoms with Crippen LogP contribution in [0.5, 0.6) is 0 Å². The Bertz CT molecular complexity index is 911. The number of aryl methyl sites for hydroxylation is 1. The van der Waals surface area contributed by atoms with E-state index in [9.17, 15) is 4.79 Å². The van der Waals surface area contributed by atoms with E-state index < -0.39 is 0 Å². The summed E-state index contributed by atoms with van der Waals surface area (Å²) >= 11 is 0. The number of carbonyl (C=O) groups excluding carboxylic acids is 1. The third-order valence-corrected chi connectivity index (χ3v) is 4.45. The lowest BCUT2D eigenvalue weighted by atomic mass is 10.0. The first-order valence-corrected chi connectivity index (χ1v) is 7.97. The van der Waals surface area contributed by atoms with E-state index in [0.29, 0.717) is 5.82 Å². The van der Waals surface area contributed by atoms with Gasteiger partial charge in [0.15, 0.2) is 0 Å². The maximum absolute atomic E-state index is 12.2. The number of nitrogens with zero attached hydrogens (tertiary/aromatic N) is 4. The molecule has 0 bridgehead atoms. The lowest BCUT2D eigenvalue weighted by Gasteiger charge is -2.34. The highest BCUT2D eigenvalue weighted by Crippen LogP contribution is 2.25. The van der Waals surface area contributed by atoms with Gasteiger partial charge >= 0.3 is 0 Å². The lowest BCUT2D eigenvalue weighted by Crippen LogP contribution is -2.49. The maximum atomic E-state index is 12.2. The van der Waals surface area contributed by atoms with E-state index in [-0.39, 0.29) is 11.8 Å². The van der Waals surface area contributed by atoms with E-state index >= 15 is 0 Å². The lowest BCUT2D eigenvalue weighted by molar-refractivity contribution is -0.124. The average Bonchev–Trinajstić information content (AvgIpc) is 2.97. The predicted octanol–water partition coefficient (Wildman–Crippen LogP) is 2.14. The number of pyridine rings is 1. The molecule has 1 N–H and O–H groups in total. The van der Waals surface area contributed by atoms with Gasteiger partial charge in [0.1, 0.15) is 5.82 Å². The van der Waals surface area contributed by atoms with Crippen molar-refractivity contribution in [2.75, 3.05) is 25.5 Å². The second-order valence-corrected chi connectivity index (χ2v) is 6.44. The Morgan fingerprint density at radius 1 is 1.12 bits per heavy atom. The molecule has 122 valence electrons. The van der Waals surface area contributed by atoms with Gasteiger partial charge in [0.05, 0.1) is 12.1 Å². The number of fused-ring (bicyclic) bond motifs is 1. The third-order valence-electron chi connectivity index (χ3n) is 4.45. The van der Waals surface area contributed by atoms with Gasteiger partial charge in [-0.1, -0.05) is 12.1 Å². The first-order chi connectivity index (χ1) is 11.6. The normalized spacial score (nSPS) is 15.4. The van der Waals surface area contributed by atoms with Crippen molar-refractivity contribution in [1.82, 2.24) is 19.7 Å². The minimum Gasteiger partial charge on any atom is -0.310 e. The summed E-state index contributed by atoms with van der Waals surface area (Å²) < 4.78 is 1.79. The molecular weight excluding hydrogens is 302 g/mol. The molecule has 3 heterocycles. The van der Waals surface area contributed by atoms with Gasteiger partial charge in [-0.2, -0.15) is 5.10 Å². The van der Waals surface area contributed by atoms with Gasteiger partial charge in [0, 0.05) is 43.5 Å². The number of rotatable bonds is 3. The van der Waals surface area contributed by atoms with Crippen molar-refractivity contribution in [3.8, 4) is 11.1 Å². The second-order valence-electron chi connectivity index (χ2n) is 6.44. The molecule has 6 heteroatoms. The first kappa shape index (κ1) is 14.8. The van der Waals surface area contributed by atoms with Crippen molar-refractivity contribution >= 4 is 22.5 Å². The third kappa shape index (κ3) is 2.76. The van der Waals surface area contributed by atoms with Crippen LogP contribution in [0.4, 0.5) is 5.82 Å². The summed E-state index contributed by atoms with van der Waals surface area (Å²) in [5, 5.41) is 9.24. The Hall–Kier alpha value is -2.73. The molecule has 2 aromatic heterocycles. The van der Waals surface area contributed by atoms with E-state index in [0.717, 1.165) is 35.0 Å². The topological polar surface area (TPSA) is 63.1 Å². The van der Waals surface area contributed by atoms with Crippen molar-refractivity contribution in [1.29, 1.82) is 0 Å². The molecule has 24 heavy (non-hydrogen) atoms. The molecule has 6 nitrogen and oxygen atoms in total. The Morgan fingerprint density at radius 2 is 1.96 bits per heavy atom.